The summed E-state index contributed by atoms with van der Waals surface area (Å²) < 4.78 is 26.5. The lowest BCUT2D eigenvalue weighted by molar-refractivity contribution is 0.263. The fraction of sp³-hybridized carbons (Fsp3) is 0.643. The van der Waals surface area contributed by atoms with Crippen LogP contribution in [0, 0.1) is 5.92 Å². The van der Waals surface area contributed by atoms with Crippen LogP contribution in [0.3, 0.4) is 0 Å². The van der Waals surface area contributed by atoms with Crippen molar-refractivity contribution in [2.75, 3.05) is 24.2 Å². The van der Waals surface area contributed by atoms with E-state index in [1.807, 2.05) is 12.1 Å². The zero-order valence-electron chi connectivity index (χ0n) is 11.5. The van der Waals surface area contributed by atoms with Crippen molar-refractivity contribution in [3.8, 4) is 0 Å². The lowest BCUT2D eigenvalue weighted by atomic mass is 9.97. The second kappa shape index (κ2) is 7.52. The number of hydrogen-bond donors (Lipinski definition) is 0. The molecule has 20 heavy (non-hydrogen) atoms. The van der Waals surface area contributed by atoms with E-state index >= 15 is 0 Å². The maximum atomic E-state index is 12.4. The van der Waals surface area contributed by atoms with Crippen molar-refractivity contribution >= 4 is 26.0 Å². The van der Waals surface area contributed by atoms with Gasteiger partial charge >= 0.3 is 0 Å². The first-order valence-corrected chi connectivity index (χ1v) is 9.77. The second-order valence-corrected chi connectivity index (χ2v) is 8.15. The Morgan fingerprint density at radius 3 is 2.80 bits per heavy atom. The van der Waals surface area contributed by atoms with Crippen molar-refractivity contribution < 1.29 is 8.42 Å². The molecule has 0 N–H and O–H groups in total. The Kier molecular flexibility index (Phi) is 5.99. The number of alkyl halides is 1. The predicted octanol–water partition coefficient (Wildman–Crippen LogP) is 2.45. The Bertz CT molecular complexity index is 505. The smallest absolute Gasteiger partial charge is 0.214 e. The summed E-state index contributed by atoms with van der Waals surface area (Å²) in [5, 5.41) is 0.947. The van der Waals surface area contributed by atoms with Crippen LogP contribution in [0.1, 0.15) is 24.8 Å². The number of sulfonamides is 1. The van der Waals surface area contributed by atoms with Gasteiger partial charge in [0.15, 0.2) is 0 Å². The molecular weight excluding hydrogens is 340 g/mol. The molecule has 1 aliphatic rings. The molecule has 112 valence electrons. The van der Waals surface area contributed by atoms with Gasteiger partial charge in [0.05, 0.1) is 5.75 Å². The molecule has 2 heterocycles. The third-order valence-electron chi connectivity index (χ3n) is 3.79. The third-order valence-corrected chi connectivity index (χ3v) is 6.09. The first-order valence-electron chi connectivity index (χ1n) is 7.04. The Labute approximate surface area is 129 Å². The Morgan fingerprint density at radius 1 is 1.35 bits per heavy atom. The van der Waals surface area contributed by atoms with Crippen molar-refractivity contribution in [1.29, 1.82) is 0 Å². The molecular formula is C14H21BrN2O2S. The summed E-state index contributed by atoms with van der Waals surface area (Å²) in [5.41, 5.74) is 1.03. The van der Waals surface area contributed by atoms with Crippen molar-refractivity contribution in [3.05, 3.63) is 30.1 Å². The van der Waals surface area contributed by atoms with Crippen LogP contribution in [0.2, 0.25) is 0 Å². The maximum absolute atomic E-state index is 12.4. The number of rotatable bonds is 6. The molecule has 0 radical (unpaired) electrons. The van der Waals surface area contributed by atoms with Crippen molar-refractivity contribution in [3.63, 3.8) is 0 Å². The van der Waals surface area contributed by atoms with Crippen LogP contribution in [-0.2, 0) is 16.4 Å². The Hall–Kier alpha value is -0.460. The average Bonchev–Trinajstić information content (AvgIpc) is 2.47. The highest BCUT2D eigenvalue weighted by Gasteiger charge is 2.28. The average molecular weight is 361 g/mol. The molecule has 0 aliphatic carbocycles. The minimum atomic E-state index is -3.14. The lowest BCUT2D eigenvalue weighted by Crippen LogP contribution is -2.41. The molecule has 0 amide bonds. The summed E-state index contributed by atoms with van der Waals surface area (Å²) in [7, 11) is -3.14. The molecule has 0 saturated carbocycles. The van der Waals surface area contributed by atoms with Gasteiger partial charge in [-0.2, -0.15) is 0 Å². The number of aromatic nitrogens is 1. The molecule has 2 rings (SSSR count). The standard InChI is InChI=1S/C14H21BrN2O2S/c15-7-3-14-2-1-10-17(12-14)20(18,19)11-6-13-4-8-16-9-5-13/h4-5,8-9,14H,1-3,6-7,10-12H2. The van der Waals surface area contributed by atoms with E-state index in [4.69, 9.17) is 0 Å². The van der Waals surface area contributed by atoms with Crippen LogP contribution in [0.4, 0.5) is 0 Å². The van der Waals surface area contributed by atoms with E-state index in [0.29, 0.717) is 25.4 Å². The number of hydrogen-bond acceptors (Lipinski definition) is 3. The van der Waals surface area contributed by atoms with E-state index < -0.39 is 10.0 Å². The summed E-state index contributed by atoms with van der Waals surface area (Å²) in [4.78, 5) is 3.95. The largest absolute Gasteiger partial charge is 0.265 e. The topological polar surface area (TPSA) is 50.3 Å². The summed E-state index contributed by atoms with van der Waals surface area (Å²) >= 11 is 3.44. The van der Waals surface area contributed by atoms with Gasteiger partial charge in [-0.25, -0.2) is 12.7 Å². The molecule has 1 aliphatic heterocycles. The van der Waals surface area contributed by atoms with Crippen molar-refractivity contribution in [2.45, 2.75) is 25.7 Å². The number of nitrogens with zero attached hydrogens (tertiary/aromatic N) is 2. The fourth-order valence-corrected chi connectivity index (χ4v) is 4.84. The highest BCUT2D eigenvalue weighted by Crippen LogP contribution is 2.23. The Morgan fingerprint density at radius 2 is 2.10 bits per heavy atom. The summed E-state index contributed by atoms with van der Waals surface area (Å²) in [6, 6.07) is 3.75. The van der Waals surface area contributed by atoms with E-state index in [-0.39, 0.29) is 5.75 Å². The molecule has 0 bridgehead atoms. The number of piperidine rings is 1. The molecule has 1 atom stereocenters. The quantitative estimate of drug-likeness (QED) is 0.732. The van der Waals surface area contributed by atoms with Gasteiger partial charge in [0.25, 0.3) is 0 Å². The van der Waals surface area contributed by atoms with Crippen LogP contribution in [-0.4, -0.2) is 41.9 Å². The minimum absolute atomic E-state index is 0.193. The van der Waals surface area contributed by atoms with E-state index in [0.717, 1.165) is 30.2 Å². The van der Waals surface area contributed by atoms with Crippen molar-refractivity contribution in [2.24, 2.45) is 5.92 Å². The van der Waals surface area contributed by atoms with Gasteiger partial charge in [0.1, 0.15) is 0 Å². The van der Waals surface area contributed by atoms with Gasteiger partial charge in [-0.3, -0.25) is 4.98 Å². The predicted molar refractivity (Wildman–Crippen MR) is 84.4 cm³/mol. The van der Waals surface area contributed by atoms with E-state index in [1.165, 1.54) is 0 Å². The van der Waals surface area contributed by atoms with Gasteiger partial charge in [-0.05, 0) is 49.3 Å². The highest BCUT2D eigenvalue weighted by molar-refractivity contribution is 9.09. The maximum Gasteiger partial charge on any atom is 0.214 e. The molecule has 1 aromatic rings. The third kappa shape index (κ3) is 4.53. The molecule has 4 nitrogen and oxygen atoms in total. The molecule has 6 heteroatoms. The Balaban J connectivity index is 1.92. The lowest BCUT2D eigenvalue weighted by Gasteiger charge is -2.31. The first-order chi connectivity index (χ1) is 9.62. The van der Waals surface area contributed by atoms with Gasteiger partial charge < -0.3 is 0 Å². The van der Waals surface area contributed by atoms with Crippen LogP contribution < -0.4 is 0 Å². The molecule has 1 saturated heterocycles. The zero-order chi connectivity index (χ0) is 14.4. The van der Waals surface area contributed by atoms with Gasteiger partial charge in [0, 0.05) is 30.8 Å². The van der Waals surface area contributed by atoms with Crippen LogP contribution in [0.15, 0.2) is 24.5 Å². The summed E-state index contributed by atoms with van der Waals surface area (Å²) in [5.74, 6) is 0.691. The number of aryl methyl sites for hydroxylation is 1. The molecule has 1 fully saturated rings. The monoisotopic (exact) mass is 360 g/mol. The normalized spacial score (nSPS) is 20.9. The zero-order valence-corrected chi connectivity index (χ0v) is 13.9. The molecule has 0 spiro atoms. The van der Waals surface area contributed by atoms with E-state index in [9.17, 15) is 8.42 Å². The van der Waals surface area contributed by atoms with E-state index in [2.05, 4.69) is 20.9 Å². The molecule has 1 aromatic heterocycles. The van der Waals surface area contributed by atoms with Crippen LogP contribution in [0.25, 0.3) is 0 Å². The minimum Gasteiger partial charge on any atom is -0.265 e. The van der Waals surface area contributed by atoms with E-state index in [1.54, 1.807) is 16.7 Å². The van der Waals surface area contributed by atoms with Crippen molar-refractivity contribution in [1.82, 2.24) is 9.29 Å². The number of halogens is 1. The first kappa shape index (κ1) is 15.9. The molecule has 1 unspecified atom stereocenters. The van der Waals surface area contributed by atoms with Gasteiger partial charge in [-0.1, -0.05) is 15.9 Å². The van der Waals surface area contributed by atoms with Crippen LogP contribution >= 0.6 is 15.9 Å². The van der Waals surface area contributed by atoms with Crippen LogP contribution in [0.5, 0.6) is 0 Å². The van der Waals surface area contributed by atoms with Gasteiger partial charge in [0.2, 0.25) is 10.0 Å². The molecule has 0 aromatic carbocycles. The highest BCUT2D eigenvalue weighted by atomic mass is 79.9. The summed E-state index contributed by atoms with van der Waals surface area (Å²) in [6.07, 6.45) is 7.14. The summed E-state index contributed by atoms with van der Waals surface area (Å²) in [6.45, 7) is 1.36. The second-order valence-electron chi connectivity index (χ2n) is 5.27. The van der Waals surface area contributed by atoms with Gasteiger partial charge in [-0.15, -0.1) is 0 Å². The number of pyridine rings is 1. The fourth-order valence-electron chi connectivity index (χ4n) is 2.59. The SMILES string of the molecule is O=S(=O)(CCc1ccncc1)N1CCCC(CCBr)C1.